The van der Waals surface area contributed by atoms with Crippen LogP contribution in [0.15, 0.2) is 0 Å². The molecule has 1 amide bonds. The summed E-state index contributed by atoms with van der Waals surface area (Å²) in [4.78, 5) is 27.3. The van der Waals surface area contributed by atoms with E-state index in [1.807, 2.05) is 13.8 Å². The quantitative estimate of drug-likeness (QED) is 0.767. The van der Waals surface area contributed by atoms with Crippen molar-refractivity contribution >= 4 is 11.9 Å². The van der Waals surface area contributed by atoms with Gasteiger partial charge in [0.15, 0.2) is 0 Å². The highest BCUT2D eigenvalue weighted by atomic mass is 16.5. The van der Waals surface area contributed by atoms with Crippen LogP contribution in [0.3, 0.4) is 0 Å². The Hall–Kier alpha value is -1.92. The zero-order valence-corrected chi connectivity index (χ0v) is 11.2. The fourth-order valence-electron chi connectivity index (χ4n) is 1.28. The third kappa shape index (κ3) is 3.06. The third-order valence-corrected chi connectivity index (χ3v) is 2.37. The highest BCUT2D eigenvalue weighted by Gasteiger charge is 2.32. The predicted molar refractivity (Wildman–Crippen MR) is 64.0 cm³/mol. The number of carbonyl (C=O) groups excluding carboxylic acids is 2. The van der Waals surface area contributed by atoms with Crippen LogP contribution in [-0.4, -0.2) is 39.7 Å². The monoisotopic (exact) mass is 254 g/mol. The third-order valence-electron chi connectivity index (χ3n) is 2.37. The van der Waals surface area contributed by atoms with E-state index in [2.05, 4.69) is 25.2 Å². The summed E-state index contributed by atoms with van der Waals surface area (Å²) >= 11 is 0. The number of rotatable bonds is 4. The number of amides is 1. The normalized spacial score (nSPS) is 11.4. The van der Waals surface area contributed by atoms with Crippen LogP contribution < -0.4 is 5.32 Å². The first-order valence-electron chi connectivity index (χ1n) is 5.61. The van der Waals surface area contributed by atoms with Gasteiger partial charge in [0.05, 0.1) is 7.11 Å². The maximum Gasteiger partial charge on any atom is 0.330 e. The minimum Gasteiger partial charge on any atom is -0.467 e. The van der Waals surface area contributed by atoms with Gasteiger partial charge in [-0.3, -0.25) is 9.89 Å². The second-order valence-electron chi connectivity index (χ2n) is 4.77. The van der Waals surface area contributed by atoms with E-state index in [-0.39, 0.29) is 11.7 Å². The fraction of sp³-hybridized carbons (Fsp3) is 0.636. The maximum atomic E-state index is 11.9. The van der Waals surface area contributed by atoms with Gasteiger partial charge in [-0.05, 0) is 13.8 Å². The number of H-pyrrole nitrogens is 1. The molecule has 0 unspecified atom stereocenters. The van der Waals surface area contributed by atoms with Crippen LogP contribution in [0.25, 0.3) is 0 Å². The van der Waals surface area contributed by atoms with E-state index in [4.69, 9.17) is 0 Å². The number of carbonyl (C=O) groups is 2. The molecule has 0 atom stereocenters. The fourth-order valence-corrected chi connectivity index (χ4v) is 1.28. The number of esters is 1. The van der Waals surface area contributed by atoms with Gasteiger partial charge in [-0.15, -0.1) is 5.10 Å². The average molecular weight is 254 g/mol. The summed E-state index contributed by atoms with van der Waals surface area (Å²) in [6.07, 6.45) is 0. The lowest BCUT2D eigenvalue weighted by atomic mass is 10.1. The summed E-state index contributed by atoms with van der Waals surface area (Å²) in [5, 5.41) is 9.00. The summed E-state index contributed by atoms with van der Waals surface area (Å²) in [6, 6.07) is 0. The van der Waals surface area contributed by atoms with Crippen molar-refractivity contribution in [3.8, 4) is 0 Å². The van der Waals surface area contributed by atoms with E-state index in [9.17, 15) is 9.59 Å². The molecular weight excluding hydrogens is 236 g/mol. The molecule has 100 valence electrons. The second-order valence-corrected chi connectivity index (χ2v) is 4.77. The zero-order chi connectivity index (χ0) is 13.9. The van der Waals surface area contributed by atoms with Crippen LogP contribution in [0, 0.1) is 0 Å². The molecule has 0 saturated carbocycles. The second kappa shape index (κ2) is 5.16. The van der Waals surface area contributed by atoms with Gasteiger partial charge >= 0.3 is 5.97 Å². The molecule has 0 fully saturated rings. The van der Waals surface area contributed by atoms with Gasteiger partial charge in [-0.1, -0.05) is 13.8 Å². The van der Waals surface area contributed by atoms with Crippen LogP contribution in [0.4, 0.5) is 0 Å². The number of methoxy groups -OCH3 is 1. The van der Waals surface area contributed by atoms with Crippen LogP contribution in [0.5, 0.6) is 0 Å². The first-order chi connectivity index (χ1) is 8.27. The Bertz CT molecular complexity index is 451. The average Bonchev–Trinajstić information content (AvgIpc) is 2.76. The lowest BCUT2D eigenvalue weighted by Crippen LogP contribution is -2.50. The van der Waals surface area contributed by atoms with Crippen LogP contribution in [0.2, 0.25) is 0 Å². The van der Waals surface area contributed by atoms with Crippen molar-refractivity contribution in [2.75, 3.05) is 7.11 Å². The lowest BCUT2D eigenvalue weighted by molar-refractivity contribution is -0.146. The van der Waals surface area contributed by atoms with Crippen LogP contribution >= 0.6 is 0 Å². The topological polar surface area (TPSA) is 97.0 Å². The molecule has 0 aliphatic carbocycles. The molecule has 1 heterocycles. The van der Waals surface area contributed by atoms with Crippen molar-refractivity contribution in [1.29, 1.82) is 0 Å². The van der Waals surface area contributed by atoms with E-state index in [1.165, 1.54) is 7.11 Å². The van der Waals surface area contributed by atoms with Crippen molar-refractivity contribution in [3.05, 3.63) is 11.6 Å². The number of hydrogen-bond donors (Lipinski definition) is 2. The van der Waals surface area contributed by atoms with Gasteiger partial charge in [-0.2, -0.15) is 0 Å². The molecule has 0 radical (unpaired) electrons. The van der Waals surface area contributed by atoms with E-state index >= 15 is 0 Å². The smallest absolute Gasteiger partial charge is 0.330 e. The number of ether oxygens (including phenoxy) is 1. The van der Waals surface area contributed by atoms with Crippen molar-refractivity contribution < 1.29 is 14.3 Å². The lowest BCUT2D eigenvalue weighted by Gasteiger charge is -2.21. The number of nitrogens with one attached hydrogen (secondary N) is 2. The molecule has 0 bridgehead atoms. The molecular formula is C11H18N4O3. The minimum absolute atomic E-state index is 0.00989. The van der Waals surface area contributed by atoms with E-state index in [0.717, 1.165) is 0 Å². The Labute approximate surface area is 105 Å². The van der Waals surface area contributed by atoms with E-state index < -0.39 is 17.4 Å². The molecule has 2 N–H and O–H groups in total. The molecule has 1 aromatic rings. The standard InChI is InChI=1S/C11H18N4O3/c1-6(2)7-12-8(15-14-7)9(16)13-11(3,4)10(17)18-5/h6H,1-5H3,(H,13,16)(H,12,14,15). The summed E-state index contributed by atoms with van der Waals surface area (Å²) in [7, 11) is 1.26. The number of aromatic nitrogens is 3. The molecule has 0 saturated heterocycles. The molecule has 0 aliphatic heterocycles. The Balaban J connectivity index is 2.79. The summed E-state index contributed by atoms with van der Waals surface area (Å²) in [5.41, 5.74) is -1.12. The number of hydrogen-bond acceptors (Lipinski definition) is 5. The SMILES string of the molecule is COC(=O)C(C)(C)NC(=O)c1n[nH]c(C(C)C)n1. The Morgan fingerprint density at radius 3 is 2.44 bits per heavy atom. The largest absolute Gasteiger partial charge is 0.467 e. The number of nitrogens with zero attached hydrogens (tertiary/aromatic N) is 2. The highest BCUT2D eigenvalue weighted by molar-refractivity contribution is 5.95. The Kier molecular flexibility index (Phi) is 4.05. The van der Waals surface area contributed by atoms with Crippen molar-refractivity contribution in [1.82, 2.24) is 20.5 Å². The molecule has 0 aliphatic rings. The summed E-state index contributed by atoms with van der Waals surface area (Å²) in [6.45, 7) is 6.96. The van der Waals surface area contributed by atoms with E-state index in [0.29, 0.717) is 5.82 Å². The molecule has 1 aromatic heterocycles. The predicted octanol–water partition coefficient (Wildman–Crippen LogP) is 0.609. The van der Waals surface area contributed by atoms with Gasteiger partial charge in [0, 0.05) is 5.92 Å². The van der Waals surface area contributed by atoms with Gasteiger partial charge in [0.1, 0.15) is 11.4 Å². The summed E-state index contributed by atoms with van der Waals surface area (Å²) < 4.78 is 4.59. The Morgan fingerprint density at radius 2 is 2.00 bits per heavy atom. The van der Waals surface area contributed by atoms with Crippen LogP contribution in [0.1, 0.15) is 50.1 Å². The van der Waals surface area contributed by atoms with Gasteiger partial charge in [-0.25, -0.2) is 9.78 Å². The van der Waals surface area contributed by atoms with Gasteiger partial charge in [0.2, 0.25) is 5.82 Å². The summed E-state index contributed by atoms with van der Waals surface area (Å²) in [5.74, 6) is -0.275. The first kappa shape index (κ1) is 14.1. The highest BCUT2D eigenvalue weighted by Crippen LogP contribution is 2.09. The van der Waals surface area contributed by atoms with Crippen molar-refractivity contribution in [3.63, 3.8) is 0 Å². The molecule has 0 aromatic carbocycles. The van der Waals surface area contributed by atoms with Crippen molar-refractivity contribution in [2.24, 2.45) is 0 Å². The maximum absolute atomic E-state index is 11.9. The molecule has 0 spiro atoms. The first-order valence-corrected chi connectivity index (χ1v) is 5.61. The van der Waals surface area contributed by atoms with Gasteiger partial charge in [0.25, 0.3) is 5.91 Å². The molecule has 18 heavy (non-hydrogen) atoms. The Morgan fingerprint density at radius 1 is 1.39 bits per heavy atom. The van der Waals surface area contributed by atoms with Gasteiger partial charge < -0.3 is 10.1 Å². The zero-order valence-electron chi connectivity index (χ0n) is 11.2. The minimum atomic E-state index is -1.12. The molecule has 7 heteroatoms. The molecule has 7 nitrogen and oxygen atoms in total. The molecule has 1 rings (SSSR count). The van der Waals surface area contributed by atoms with E-state index in [1.54, 1.807) is 13.8 Å². The van der Waals surface area contributed by atoms with Crippen molar-refractivity contribution in [2.45, 2.75) is 39.2 Å². The van der Waals surface area contributed by atoms with Crippen LogP contribution in [-0.2, 0) is 9.53 Å². The number of aromatic amines is 1.